The second-order valence-electron chi connectivity index (χ2n) is 8.57. The Balaban J connectivity index is 1.58. The minimum Gasteiger partial charge on any atom is -0.444 e. The van der Waals surface area contributed by atoms with E-state index in [9.17, 15) is 9.59 Å². The molecule has 1 fully saturated rings. The third kappa shape index (κ3) is 5.71. The number of piperidine rings is 1. The van der Waals surface area contributed by atoms with E-state index >= 15 is 0 Å². The standard InChI is InChI=1S/C21H30N6O4/c1-5-17-16(6-9-22)18(28)25-19(24-17)30-15-12-23-27(13-15)14-7-10-26(11-8-14)20(29)31-21(2,3)4/h5,9,12-14,16,22H,6-8,10-11H2,1-4H3,(H,24,25,28)/b17-5+,22-9?. The highest BCUT2D eigenvalue weighted by molar-refractivity contribution is 6.01. The Morgan fingerprint density at radius 3 is 2.68 bits per heavy atom. The van der Waals surface area contributed by atoms with Gasteiger partial charge in [0.15, 0.2) is 5.75 Å². The van der Waals surface area contributed by atoms with E-state index in [0.29, 0.717) is 31.0 Å². The van der Waals surface area contributed by atoms with Crippen molar-refractivity contribution in [3.8, 4) is 5.75 Å². The van der Waals surface area contributed by atoms with Gasteiger partial charge in [-0.2, -0.15) is 5.10 Å². The lowest BCUT2D eigenvalue weighted by Crippen LogP contribution is -2.43. The van der Waals surface area contributed by atoms with Gasteiger partial charge >= 0.3 is 12.1 Å². The van der Waals surface area contributed by atoms with Crippen LogP contribution in [0.2, 0.25) is 0 Å². The molecule has 2 aliphatic heterocycles. The van der Waals surface area contributed by atoms with Crippen molar-refractivity contribution in [3.63, 3.8) is 0 Å². The molecule has 1 aromatic heterocycles. The lowest BCUT2D eigenvalue weighted by atomic mass is 10.00. The first-order valence-corrected chi connectivity index (χ1v) is 10.4. The van der Waals surface area contributed by atoms with Gasteiger partial charge in [0.05, 0.1) is 30.1 Å². The van der Waals surface area contributed by atoms with Crippen LogP contribution in [0.25, 0.3) is 0 Å². The molecule has 0 bridgehead atoms. The zero-order chi connectivity index (χ0) is 22.6. The summed E-state index contributed by atoms with van der Waals surface area (Å²) in [4.78, 5) is 30.6. The molecule has 2 aliphatic rings. The smallest absolute Gasteiger partial charge is 0.410 e. The Morgan fingerprint density at radius 1 is 1.35 bits per heavy atom. The van der Waals surface area contributed by atoms with Gasteiger partial charge in [0.1, 0.15) is 5.60 Å². The van der Waals surface area contributed by atoms with Crippen LogP contribution >= 0.6 is 0 Å². The van der Waals surface area contributed by atoms with Gasteiger partial charge in [-0.1, -0.05) is 6.08 Å². The molecular formula is C21H30N6O4. The summed E-state index contributed by atoms with van der Waals surface area (Å²) in [5.74, 6) is -0.259. The first-order chi connectivity index (χ1) is 14.7. The van der Waals surface area contributed by atoms with Gasteiger partial charge in [0, 0.05) is 13.1 Å². The van der Waals surface area contributed by atoms with Crippen molar-refractivity contribution in [2.45, 2.75) is 58.6 Å². The monoisotopic (exact) mass is 430 g/mol. The molecule has 0 aromatic carbocycles. The highest BCUT2D eigenvalue weighted by atomic mass is 16.6. The van der Waals surface area contributed by atoms with Crippen LogP contribution in [0.5, 0.6) is 5.75 Å². The molecule has 168 valence electrons. The van der Waals surface area contributed by atoms with Crippen LogP contribution in [-0.2, 0) is 9.53 Å². The van der Waals surface area contributed by atoms with Crippen LogP contribution in [0.4, 0.5) is 4.79 Å². The summed E-state index contributed by atoms with van der Waals surface area (Å²) in [6.07, 6.45) is 7.81. The number of hydrogen-bond donors (Lipinski definition) is 2. The zero-order valence-electron chi connectivity index (χ0n) is 18.4. The number of amidine groups is 1. The Morgan fingerprint density at radius 2 is 2.06 bits per heavy atom. The maximum Gasteiger partial charge on any atom is 0.410 e. The van der Waals surface area contributed by atoms with Crippen molar-refractivity contribution < 1.29 is 19.1 Å². The predicted octanol–water partition coefficient (Wildman–Crippen LogP) is 2.88. The second kappa shape index (κ2) is 9.32. The fraction of sp³-hybridized carbons (Fsp3) is 0.571. The first-order valence-electron chi connectivity index (χ1n) is 10.4. The zero-order valence-corrected chi connectivity index (χ0v) is 18.4. The number of rotatable bonds is 4. The number of aromatic nitrogens is 2. The molecule has 2 N–H and O–H groups in total. The molecule has 1 atom stereocenters. The molecule has 1 unspecified atom stereocenters. The van der Waals surface area contributed by atoms with Gasteiger partial charge in [-0.25, -0.2) is 9.79 Å². The number of carbonyl (C=O) groups excluding carboxylic acids is 2. The number of amides is 2. The SMILES string of the molecule is C/C=C1/N=C(Oc2cnn(C3CCN(C(=O)OC(C)(C)C)CC3)c2)NC(=O)C1CC=N. The predicted molar refractivity (Wildman–Crippen MR) is 115 cm³/mol. The number of nitrogens with one attached hydrogen (secondary N) is 2. The van der Waals surface area contributed by atoms with E-state index in [0.717, 1.165) is 12.8 Å². The average molecular weight is 431 g/mol. The van der Waals surface area contributed by atoms with E-state index in [1.807, 2.05) is 25.5 Å². The summed E-state index contributed by atoms with van der Waals surface area (Å²) in [5, 5.41) is 14.3. The van der Waals surface area contributed by atoms with E-state index in [1.54, 1.807) is 30.3 Å². The maximum absolute atomic E-state index is 12.3. The number of allylic oxidation sites excluding steroid dienone is 1. The van der Waals surface area contributed by atoms with Crippen molar-refractivity contribution in [2.24, 2.45) is 10.9 Å². The summed E-state index contributed by atoms with van der Waals surface area (Å²) in [7, 11) is 0. The summed E-state index contributed by atoms with van der Waals surface area (Å²) < 4.78 is 13.0. The van der Waals surface area contributed by atoms with Crippen molar-refractivity contribution >= 4 is 24.2 Å². The number of nitrogens with zero attached hydrogens (tertiary/aromatic N) is 4. The largest absolute Gasteiger partial charge is 0.444 e. The van der Waals surface area contributed by atoms with Crippen LogP contribution in [0, 0.1) is 11.3 Å². The van der Waals surface area contributed by atoms with Crippen molar-refractivity contribution in [1.82, 2.24) is 20.0 Å². The maximum atomic E-state index is 12.3. The minimum absolute atomic E-state index is 0.0959. The number of aliphatic imine (C=N–C) groups is 1. The highest BCUT2D eigenvalue weighted by Crippen LogP contribution is 2.26. The third-order valence-electron chi connectivity index (χ3n) is 5.07. The Labute approximate surface area is 181 Å². The molecule has 0 aliphatic carbocycles. The number of ether oxygens (including phenoxy) is 2. The van der Waals surface area contributed by atoms with Gasteiger partial charge in [-0.05, 0) is 53.2 Å². The lowest BCUT2D eigenvalue weighted by Gasteiger charge is -2.33. The van der Waals surface area contributed by atoms with Gasteiger partial charge in [-0.15, -0.1) is 0 Å². The van der Waals surface area contributed by atoms with Crippen molar-refractivity contribution in [3.05, 3.63) is 24.2 Å². The Kier molecular flexibility index (Phi) is 6.77. The summed E-state index contributed by atoms with van der Waals surface area (Å²) in [6.45, 7) is 8.56. The van der Waals surface area contributed by atoms with Gasteiger partial charge < -0.3 is 19.8 Å². The highest BCUT2D eigenvalue weighted by Gasteiger charge is 2.30. The number of likely N-dealkylation sites (tertiary alicyclic amines) is 1. The fourth-order valence-corrected chi connectivity index (χ4v) is 3.53. The molecular weight excluding hydrogens is 400 g/mol. The van der Waals surface area contributed by atoms with Gasteiger partial charge in [0.25, 0.3) is 0 Å². The quantitative estimate of drug-likeness (QED) is 0.711. The summed E-state index contributed by atoms with van der Waals surface area (Å²) in [5.41, 5.74) is 0.0651. The second-order valence-corrected chi connectivity index (χ2v) is 8.57. The molecule has 10 nitrogen and oxygen atoms in total. The first kappa shape index (κ1) is 22.5. The van der Waals surface area contributed by atoms with E-state index in [-0.39, 0.29) is 24.1 Å². The molecule has 31 heavy (non-hydrogen) atoms. The molecule has 1 aromatic rings. The summed E-state index contributed by atoms with van der Waals surface area (Å²) in [6, 6.07) is 0.237. The molecule has 3 heterocycles. The molecule has 3 rings (SSSR count). The van der Waals surface area contributed by atoms with Crippen molar-refractivity contribution in [2.75, 3.05) is 13.1 Å². The van der Waals surface area contributed by atoms with Crippen molar-refractivity contribution in [1.29, 1.82) is 5.41 Å². The molecule has 10 heteroatoms. The van der Waals surface area contributed by atoms with Crippen LogP contribution < -0.4 is 10.1 Å². The molecule has 0 spiro atoms. The van der Waals surface area contributed by atoms with E-state index in [4.69, 9.17) is 14.9 Å². The average Bonchev–Trinajstić information content (AvgIpc) is 3.17. The molecule has 1 saturated heterocycles. The van der Waals surface area contributed by atoms with Crippen LogP contribution in [-0.4, -0.2) is 57.6 Å². The van der Waals surface area contributed by atoms with Crippen LogP contribution in [0.1, 0.15) is 53.0 Å². The lowest BCUT2D eigenvalue weighted by molar-refractivity contribution is -0.122. The van der Waals surface area contributed by atoms with Crippen LogP contribution in [0.3, 0.4) is 0 Å². The van der Waals surface area contributed by atoms with Gasteiger partial charge in [0.2, 0.25) is 5.91 Å². The third-order valence-corrected chi connectivity index (χ3v) is 5.07. The van der Waals surface area contributed by atoms with Crippen LogP contribution in [0.15, 0.2) is 29.2 Å². The fourth-order valence-electron chi connectivity index (χ4n) is 3.53. The van der Waals surface area contributed by atoms with Gasteiger partial charge in [-0.3, -0.25) is 14.8 Å². The van der Waals surface area contributed by atoms with E-state index in [1.165, 1.54) is 6.21 Å². The summed E-state index contributed by atoms with van der Waals surface area (Å²) >= 11 is 0. The minimum atomic E-state index is -0.508. The molecule has 2 amide bonds. The Hall–Kier alpha value is -3.17. The number of carbonyl (C=O) groups is 2. The van der Waals surface area contributed by atoms with E-state index < -0.39 is 11.5 Å². The Bertz CT molecular complexity index is 890. The molecule has 0 saturated carbocycles. The number of hydrogen-bond acceptors (Lipinski definition) is 7. The topological polar surface area (TPSA) is 122 Å². The molecule has 0 radical (unpaired) electrons. The van der Waals surface area contributed by atoms with E-state index in [2.05, 4.69) is 15.4 Å². The normalized spacial score (nSPS) is 21.5.